The van der Waals surface area contributed by atoms with Crippen molar-refractivity contribution in [3.05, 3.63) is 77.9 Å². The summed E-state index contributed by atoms with van der Waals surface area (Å²) >= 11 is 0. The van der Waals surface area contributed by atoms with Crippen LogP contribution in [0.2, 0.25) is 0 Å². The molecule has 4 aromatic rings. The van der Waals surface area contributed by atoms with Crippen LogP contribution < -0.4 is 10.1 Å². The van der Waals surface area contributed by atoms with Crippen molar-refractivity contribution in [2.75, 3.05) is 13.7 Å². The summed E-state index contributed by atoms with van der Waals surface area (Å²) in [7, 11) is 1.68. The fourth-order valence-corrected chi connectivity index (χ4v) is 3.82. The summed E-state index contributed by atoms with van der Waals surface area (Å²) in [5, 5.41) is 16.6. The highest BCUT2D eigenvalue weighted by Crippen LogP contribution is 2.31. The maximum atomic E-state index is 10.9. The highest BCUT2D eigenvalue weighted by molar-refractivity contribution is 6.09. The van der Waals surface area contributed by atoms with Crippen molar-refractivity contribution in [3.8, 4) is 5.75 Å². The van der Waals surface area contributed by atoms with Crippen molar-refractivity contribution in [2.24, 2.45) is 0 Å². The second-order valence-electron chi connectivity index (χ2n) is 7.32. The van der Waals surface area contributed by atoms with E-state index in [-0.39, 0.29) is 6.04 Å². The Bertz CT molecular complexity index is 1070. The lowest BCUT2D eigenvalue weighted by molar-refractivity contribution is 0.172. The lowest BCUT2D eigenvalue weighted by Crippen LogP contribution is -2.32. The highest BCUT2D eigenvalue weighted by Gasteiger charge is 2.16. The van der Waals surface area contributed by atoms with Gasteiger partial charge in [0.25, 0.3) is 0 Å². The Morgan fingerprint density at radius 2 is 1.71 bits per heavy atom. The van der Waals surface area contributed by atoms with Gasteiger partial charge in [0.05, 0.1) is 13.2 Å². The number of rotatable bonds is 7. The first-order valence-electron chi connectivity index (χ1n) is 9.69. The van der Waals surface area contributed by atoms with E-state index in [1.807, 2.05) is 36.4 Å². The molecule has 0 saturated heterocycles. The number of fused-ring (bicyclic) bond motifs is 3. The summed E-state index contributed by atoms with van der Waals surface area (Å²) in [6.45, 7) is 2.65. The van der Waals surface area contributed by atoms with Crippen LogP contribution in [0.4, 0.5) is 0 Å². The molecule has 144 valence electrons. The largest absolute Gasteiger partial charge is 0.497 e. The van der Waals surface area contributed by atoms with Crippen molar-refractivity contribution in [1.29, 1.82) is 0 Å². The molecule has 0 aliphatic carbocycles. The average molecular weight is 374 g/mol. The molecule has 0 aliphatic heterocycles. The number of aromatic nitrogens is 1. The van der Waals surface area contributed by atoms with Gasteiger partial charge >= 0.3 is 0 Å². The molecule has 3 N–H and O–H groups in total. The monoisotopic (exact) mass is 374 g/mol. The summed E-state index contributed by atoms with van der Waals surface area (Å²) in [6, 6.07) is 22.7. The number of hydrogen-bond acceptors (Lipinski definition) is 3. The van der Waals surface area contributed by atoms with Crippen LogP contribution in [0.5, 0.6) is 5.75 Å². The number of nitrogens with one attached hydrogen (secondary N) is 2. The van der Waals surface area contributed by atoms with Gasteiger partial charge < -0.3 is 20.1 Å². The number of hydrogen-bond donors (Lipinski definition) is 3. The smallest absolute Gasteiger partial charge is 0.118 e. The van der Waals surface area contributed by atoms with Gasteiger partial charge in [-0.3, -0.25) is 0 Å². The molecule has 0 spiro atoms. The molecule has 2 atom stereocenters. The summed E-state index contributed by atoms with van der Waals surface area (Å²) in [4.78, 5) is 3.44. The molecule has 0 bridgehead atoms. The van der Waals surface area contributed by atoms with Gasteiger partial charge in [0.2, 0.25) is 0 Å². The summed E-state index contributed by atoms with van der Waals surface area (Å²) in [5.41, 5.74) is 4.36. The molecule has 0 saturated carbocycles. The zero-order valence-corrected chi connectivity index (χ0v) is 16.3. The van der Waals surface area contributed by atoms with E-state index in [0.717, 1.165) is 39.5 Å². The molecular formula is C24H26N2O2. The Morgan fingerprint density at radius 1 is 0.964 bits per heavy atom. The van der Waals surface area contributed by atoms with Crippen molar-refractivity contribution in [1.82, 2.24) is 10.3 Å². The highest BCUT2D eigenvalue weighted by atomic mass is 16.5. The zero-order valence-electron chi connectivity index (χ0n) is 16.3. The Labute approximate surface area is 165 Å². The minimum atomic E-state index is -0.568. The van der Waals surface area contributed by atoms with Crippen LogP contribution in [0.25, 0.3) is 21.8 Å². The van der Waals surface area contributed by atoms with Gasteiger partial charge in [0, 0.05) is 34.4 Å². The number of para-hydroxylation sites is 1. The van der Waals surface area contributed by atoms with Gasteiger partial charge in [-0.25, -0.2) is 0 Å². The molecule has 3 aromatic carbocycles. The van der Waals surface area contributed by atoms with E-state index in [9.17, 15) is 5.11 Å². The third-order valence-corrected chi connectivity index (χ3v) is 5.28. The van der Waals surface area contributed by atoms with E-state index in [1.165, 1.54) is 5.56 Å². The topological polar surface area (TPSA) is 57.3 Å². The number of aliphatic hydroxyl groups is 1. The van der Waals surface area contributed by atoms with Gasteiger partial charge in [-0.15, -0.1) is 0 Å². The number of benzene rings is 3. The second kappa shape index (κ2) is 8.05. The van der Waals surface area contributed by atoms with Gasteiger partial charge in [-0.05, 0) is 48.7 Å². The van der Waals surface area contributed by atoms with Crippen LogP contribution in [-0.4, -0.2) is 29.8 Å². The molecule has 0 fully saturated rings. The third-order valence-electron chi connectivity index (χ3n) is 5.28. The number of aromatic amines is 1. The molecular weight excluding hydrogens is 348 g/mol. The van der Waals surface area contributed by atoms with E-state index >= 15 is 0 Å². The Hall–Kier alpha value is -2.82. The minimum Gasteiger partial charge on any atom is -0.497 e. The van der Waals surface area contributed by atoms with Gasteiger partial charge in [0.1, 0.15) is 5.75 Å². The van der Waals surface area contributed by atoms with Crippen LogP contribution in [0.15, 0.2) is 66.7 Å². The molecule has 28 heavy (non-hydrogen) atoms. The fraction of sp³-hybridized carbons (Fsp3) is 0.250. The van der Waals surface area contributed by atoms with E-state index in [1.54, 1.807) is 7.11 Å². The predicted molar refractivity (Wildman–Crippen MR) is 115 cm³/mol. The third kappa shape index (κ3) is 3.75. The first kappa shape index (κ1) is 18.5. The van der Waals surface area contributed by atoms with Crippen molar-refractivity contribution < 1.29 is 9.84 Å². The Kier molecular flexibility index (Phi) is 5.33. The van der Waals surface area contributed by atoms with Crippen molar-refractivity contribution in [2.45, 2.75) is 25.5 Å². The quantitative estimate of drug-likeness (QED) is 0.444. The number of aliphatic hydroxyl groups excluding tert-OH is 1. The number of methoxy groups -OCH3 is 1. The van der Waals surface area contributed by atoms with Gasteiger partial charge in [-0.2, -0.15) is 0 Å². The summed E-state index contributed by atoms with van der Waals surface area (Å²) < 4.78 is 5.21. The van der Waals surface area contributed by atoms with E-state index in [4.69, 9.17) is 4.74 Å². The molecule has 1 aromatic heterocycles. The minimum absolute atomic E-state index is 0.255. The summed E-state index contributed by atoms with van der Waals surface area (Å²) in [6.07, 6.45) is 0.329. The summed E-state index contributed by atoms with van der Waals surface area (Å²) in [5.74, 6) is 0.867. The SMILES string of the molecule is COc1ccc(C[C@@H](C)NC[C@H](O)c2cccc3[nH]c4ccccc4c23)cc1. The second-order valence-corrected chi connectivity index (χ2v) is 7.32. The normalized spacial score (nSPS) is 13.7. The van der Waals surface area contributed by atoms with Crippen LogP contribution >= 0.6 is 0 Å². The number of H-pyrrole nitrogens is 1. The zero-order chi connectivity index (χ0) is 19.5. The van der Waals surface area contributed by atoms with Crippen LogP contribution in [0.1, 0.15) is 24.2 Å². The lowest BCUT2D eigenvalue weighted by atomic mass is 10.0. The van der Waals surface area contributed by atoms with Gasteiger partial charge in [-0.1, -0.05) is 42.5 Å². The maximum absolute atomic E-state index is 10.9. The lowest BCUT2D eigenvalue weighted by Gasteiger charge is -2.18. The predicted octanol–water partition coefficient (Wildman–Crippen LogP) is 4.58. The standard InChI is InChI=1S/C24H26N2O2/c1-16(14-17-10-12-18(28-2)13-11-17)25-15-23(27)20-7-5-9-22-24(20)19-6-3-4-8-21(19)26-22/h3-13,16,23,25-27H,14-15H2,1-2H3/t16-,23+/m1/s1. The first-order valence-corrected chi connectivity index (χ1v) is 9.69. The Morgan fingerprint density at radius 3 is 2.50 bits per heavy atom. The molecule has 0 unspecified atom stereocenters. The van der Waals surface area contributed by atoms with Crippen molar-refractivity contribution >= 4 is 21.8 Å². The van der Waals surface area contributed by atoms with Crippen LogP contribution in [-0.2, 0) is 6.42 Å². The van der Waals surface area contributed by atoms with E-state index in [0.29, 0.717) is 6.54 Å². The molecule has 1 heterocycles. The van der Waals surface area contributed by atoms with Gasteiger partial charge in [0.15, 0.2) is 0 Å². The Balaban J connectivity index is 1.46. The average Bonchev–Trinajstić information content (AvgIpc) is 3.11. The van der Waals surface area contributed by atoms with E-state index < -0.39 is 6.10 Å². The maximum Gasteiger partial charge on any atom is 0.118 e. The van der Waals surface area contributed by atoms with Crippen LogP contribution in [0, 0.1) is 0 Å². The molecule has 4 heteroatoms. The fourth-order valence-electron chi connectivity index (χ4n) is 3.82. The molecule has 4 nitrogen and oxygen atoms in total. The first-order chi connectivity index (χ1) is 13.7. The molecule has 0 amide bonds. The molecule has 4 rings (SSSR count). The number of ether oxygens (including phenoxy) is 1. The van der Waals surface area contributed by atoms with Crippen molar-refractivity contribution in [3.63, 3.8) is 0 Å². The molecule has 0 aliphatic rings. The molecule has 0 radical (unpaired) electrons. The van der Waals surface area contributed by atoms with Crippen LogP contribution in [0.3, 0.4) is 0 Å². The van der Waals surface area contributed by atoms with E-state index in [2.05, 4.69) is 47.6 Å².